The molecule has 0 fully saturated rings. The van der Waals surface area contributed by atoms with Crippen molar-refractivity contribution in [3.63, 3.8) is 0 Å². The largest absolute Gasteiger partial charge is 0.396 e. The van der Waals surface area contributed by atoms with Gasteiger partial charge in [-0.25, -0.2) is 0 Å². The van der Waals surface area contributed by atoms with Crippen LogP contribution in [0.25, 0.3) is 0 Å². The van der Waals surface area contributed by atoms with Gasteiger partial charge >= 0.3 is 0 Å². The maximum absolute atomic E-state index is 5.53. The average molecular weight is 223 g/mol. The van der Waals surface area contributed by atoms with E-state index in [0.29, 0.717) is 37.2 Å². The van der Waals surface area contributed by atoms with E-state index in [9.17, 15) is 0 Å². The van der Waals surface area contributed by atoms with Crippen molar-refractivity contribution < 1.29 is 9.26 Å². The highest BCUT2D eigenvalue weighted by Gasteiger charge is 2.07. The van der Waals surface area contributed by atoms with Gasteiger partial charge in [0.15, 0.2) is 5.82 Å². The second kappa shape index (κ2) is 4.75. The van der Waals surface area contributed by atoms with Gasteiger partial charge in [-0.15, -0.1) is 0 Å². The molecule has 7 heteroatoms. The Bertz CT molecular complexity index is 450. The summed E-state index contributed by atoms with van der Waals surface area (Å²) in [6, 6.07) is 0. The molecule has 86 valence electrons. The van der Waals surface area contributed by atoms with Crippen LogP contribution in [0.2, 0.25) is 0 Å². The van der Waals surface area contributed by atoms with Gasteiger partial charge in [-0.3, -0.25) is 4.68 Å². The van der Waals surface area contributed by atoms with Crippen LogP contribution in [0, 0.1) is 0 Å². The standard InChI is InChI=1S/C9H13N5O2/c1-2-15-6-8-12-9(16-13-8)5-14-4-7(10)3-11-14/h3-4H,2,5-6,10H2,1H3. The summed E-state index contributed by atoms with van der Waals surface area (Å²) in [5, 5.41) is 7.79. The molecule has 2 N–H and O–H groups in total. The Morgan fingerprint density at radius 1 is 1.56 bits per heavy atom. The Morgan fingerprint density at radius 2 is 2.44 bits per heavy atom. The maximum Gasteiger partial charge on any atom is 0.248 e. The van der Waals surface area contributed by atoms with Crippen molar-refractivity contribution >= 4 is 5.69 Å². The molecule has 0 aliphatic carbocycles. The highest BCUT2D eigenvalue weighted by atomic mass is 16.5. The zero-order valence-electron chi connectivity index (χ0n) is 8.96. The summed E-state index contributed by atoms with van der Waals surface area (Å²) in [5.41, 5.74) is 6.14. The van der Waals surface area contributed by atoms with Crippen molar-refractivity contribution in [2.45, 2.75) is 20.1 Å². The summed E-state index contributed by atoms with van der Waals surface area (Å²) in [6.07, 6.45) is 3.27. The Labute approximate surface area is 92.2 Å². The van der Waals surface area contributed by atoms with Gasteiger partial charge in [-0.1, -0.05) is 5.16 Å². The molecule has 0 radical (unpaired) electrons. The van der Waals surface area contributed by atoms with Crippen LogP contribution in [0.3, 0.4) is 0 Å². The minimum Gasteiger partial charge on any atom is -0.396 e. The summed E-state index contributed by atoms with van der Waals surface area (Å²) in [6.45, 7) is 3.31. The summed E-state index contributed by atoms with van der Waals surface area (Å²) in [4.78, 5) is 4.15. The molecular formula is C9H13N5O2. The van der Waals surface area contributed by atoms with E-state index in [1.165, 1.54) is 0 Å². The fraction of sp³-hybridized carbons (Fsp3) is 0.444. The number of aromatic nitrogens is 4. The average Bonchev–Trinajstić information content (AvgIpc) is 2.86. The summed E-state index contributed by atoms with van der Waals surface area (Å²) < 4.78 is 11.8. The van der Waals surface area contributed by atoms with E-state index in [-0.39, 0.29) is 0 Å². The molecule has 0 aliphatic rings. The molecule has 0 amide bonds. The number of ether oxygens (including phenoxy) is 1. The molecule has 2 aromatic heterocycles. The number of hydrogen-bond acceptors (Lipinski definition) is 6. The SMILES string of the molecule is CCOCc1noc(Cn2cc(N)cn2)n1. The molecule has 0 bridgehead atoms. The first-order valence-corrected chi connectivity index (χ1v) is 4.95. The van der Waals surface area contributed by atoms with Crippen molar-refractivity contribution in [1.82, 2.24) is 19.9 Å². The van der Waals surface area contributed by atoms with Crippen LogP contribution in [0.15, 0.2) is 16.9 Å². The molecule has 0 atom stereocenters. The minimum absolute atomic E-state index is 0.362. The van der Waals surface area contributed by atoms with Gasteiger partial charge in [0.25, 0.3) is 0 Å². The third-order valence-electron chi connectivity index (χ3n) is 1.90. The predicted molar refractivity (Wildman–Crippen MR) is 55.4 cm³/mol. The van der Waals surface area contributed by atoms with E-state index >= 15 is 0 Å². The molecule has 0 aromatic carbocycles. The topological polar surface area (TPSA) is 92.0 Å². The molecule has 0 saturated carbocycles. The van der Waals surface area contributed by atoms with E-state index in [0.717, 1.165) is 0 Å². The van der Waals surface area contributed by atoms with Crippen LogP contribution >= 0.6 is 0 Å². The van der Waals surface area contributed by atoms with Crippen LogP contribution in [-0.4, -0.2) is 26.5 Å². The third-order valence-corrected chi connectivity index (χ3v) is 1.90. The van der Waals surface area contributed by atoms with Crippen LogP contribution in [0.1, 0.15) is 18.6 Å². The van der Waals surface area contributed by atoms with Crippen molar-refractivity contribution in [2.75, 3.05) is 12.3 Å². The van der Waals surface area contributed by atoms with E-state index in [1.54, 1.807) is 17.1 Å². The quantitative estimate of drug-likeness (QED) is 0.790. The number of nitrogen functional groups attached to an aromatic ring is 1. The van der Waals surface area contributed by atoms with E-state index in [2.05, 4.69) is 15.2 Å². The van der Waals surface area contributed by atoms with Gasteiger partial charge in [0, 0.05) is 12.8 Å². The Hall–Kier alpha value is -1.89. The summed E-state index contributed by atoms with van der Waals surface area (Å²) in [7, 11) is 0. The molecular weight excluding hydrogens is 210 g/mol. The lowest BCUT2D eigenvalue weighted by Crippen LogP contribution is -2.01. The van der Waals surface area contributed by atoms with Crippen molar-refractivity contribution in [3.8, 4) is 0 Å². The van der Waals surface area contributed by atoms with Crippen LogP contribution in [0.4, 0.5) is 5.69 Å². The fourth-order valence-corrected chi connectivity index (χ4v) is 1.21. The molecule has 16 heavy (non-hydrogen) atoms. The van der Waals surface area contributed by atoms with Crippen LogP contribution in [-0.2, 0) is 17.9 Å². The summed E-state index contributed by atoms with van der Waals surface area (Å²) >= 11 is 0. The van der Waals surface area contributed by atoms with E-state index in [1.807, 2.05) is 6.92 Å². The van der Waals surface area contributed by atoms with Crippen molar-refractivity contribution in [3.05, 3.63) is 24.1 Å². The zero-order chi connectivity index (χ0) is 11.4. The zero-order valence-corrected chi connectivity index (χ0v) is 8.96. The lowest BCUT2D eigenvalue weighted by atomic mass is 10.6. The fourth-order valence-electron chi connectivity index (χ4n) is 1.21. The van der Waals surface area contributed by atoms with Crippen molar-refractivity contribution in [1.29, 1.82) is 0 Å². The van der Waals surface area contributed by atoms with Crippen LogP contribution in [0.5, 0.6) is 0 Å². The van der Waals surface area contributed by atoms with Crippen LogP contribution < -0.4 is 5.73 Å². The molecule has 2 rings (SSSR count). The van der Waals surface area contributed by atoms with Gasteiger partial charge in [0.05, 0.1) is 11.9 Å². The van der Waals surface area contributed by atoms with Gasteiger partial charge in [0.2, 0.25) is 5.89 Å². The highest BCUT2D eigenvalue weighted by Crippen LogP contribution is 2.04. The van der Waals surface area contributed by atoms with Gasteiger partial charge in [0.1, 0.15) is 13.2 Å². The first kappa shape index (κ1) is 10.6. The lowest BCUT2D eigenvalue weighted by molar-refractivity contribution is 0.126. The number of nitrogens with zero attached hydrogens (tertiary/aromatic N) is 4. The molecule has 2 heterocycles. The second-order valence-electron chi connectivity index (χ2n) is 3.21. The highest BCUT2D eigenvalue weighted by molar-refractivity contribution is 5.30. The number of nitrogens with two attached hydrogens (primary N) is 1. The molecule has 7 nitrogen and oxygen atoms in total. The summed E-state index contributed by atoms with van der Waals surface area (Å²) in [5.74, 6) is 1.02. The Kier molecular flexibility index (Phi) is 3.16. The smallest absolute Gasteiger partial charge is 0.248 e. The van der Waals surface area contributed by atoms with Gasteiger partial charge < -0.3 is 15.0 Å². The monoisotopic (exact) mass is 223 g/mol. The number of hydrogen-bond donors (Lipinski definition) is 1. The molecule has 0 saturated heterocycles. The maximum atomic E-state index is 5.53. The minimum atomic E-state index is 0.362. The predicted octanol–water partition coefficient (Wildman–Crippen LogP) is 0.433. The normalized spacial score (nSPS) is 10.8. The van der Waals surface area contributed by atoms with Gasteiger partial charge in [-0.05, 0) is 6.92 Å². The Morgan fingerprint density at radius 3 is 3.12 bits per heavy atom. The Balaban J connectivity index is 1.97. The van der Waals surface area contributed by atoms with E-state index < -0.39 is 0 Å². The first-order valence-electron chi connectivity index (χ1n) is 4.95. The molecule has 0 aliphatic heterocycles. The lowest BCUT2D eigenvalue weighted by Gasteiger charge is -1.94. The second-order valence-corrected chi connectivity index (χ2v) is 3.21. The van der Waals surface area contributed by atoms with Gasteiger partial charge in [-0.2, -0.15) is 10.1 Å². The third kappa shape index (κ3) is 2.57. The first-order chi connectivity index (χ1) is 7.78. The van der Waals surface area contributed by atoms with Crippen molar-refractivity contribution in [2.24, 2.45) is 0 Å². The molecule has 2 aromatic rings. The molecule has 0 unspecified atom stereocenters. The number of anilines is 1. The number of rotatable bonds is 5. The van der Waals surface area contributed by atoms with E-state index in [4.69, 9.17) is 15.0 Å². The molecule has 0 spiro atoms.